The van der Waals surface area contributed by atoms with Gasteiger partial charge in [0.15, 0.2) is 23.3 Å². The van der Waals surface area contributed by atoms with Crippen molar-refractivity contribution in [3.05, 3.63) is 128 Å². The van der Waals surface area contributed by atoms with Gasteiger partial charge in [-0.15, -0.1) is 0 Å². The second kappa shape index (κ2) is 9.68. The molecule has 0 aliphatic carbocycles. The molecule has 5 nitrogen and oxygen atoms in total. The first-order valence-electron chi connectivity index (χ1n) is 11.7. The average molecular weight is 464 g/mol. The summed E-state index contributed by atoms with van der Waals surface area (Å²) in [5.74, 6) is 2.57. The summed E-state index contributed by atoms with van der Waals surface area (Å²) in [5, 5.41) is 0. The topological polar surface area (TPSA) is 64.5 Å². The van der Waals surface area contributed by atoms with E-state index in [-0.39, 0.29) is 0 Å². The van der Waals surface area contributed by atoms with Crippen LogP contribution in [0, 0.1) is 0 Å². The minimum Gasteiger partial charge on any atom is -0.237 e. The summed E-state index contributed by atoms with van der Waals surface area (Å²) in [4.78, 5) is 23.2. The maximum atomic E-state index is 4.85. The van der Waals surface area contributed by atoms with Gasteiger partial charge in [-0.1, -0.05) is 109 Å². The number of hydrogen-bond donors (Lipinski definition) is 0. The Hall–Kier alpha value is -5.03. The number of benzene rings is 4. The Labute approximate surface area is 209 Å². The fourth-order valence-corrected chi connectivity index (χ4v) is 4.01. The lowest BCUT2D eigenvalue weighted by atomic mass is 10.0. The standard InChI is InChI=1S/C31H21N5/c1-3-8-22(9-4-1)23-12-14-26(15-13-23)30-34-29(24-10-5-2-6-11-24)35-31(36-30)27-18-16-25(17-19-27)28-32-20-7-21-33-28/h1-21H. The van der Waals surface area contributed by atoms with Crippen molar-refractivity contribution in [1.29, 1.82) is 0 Å². The van der Waals surface area contributed by atoms with Gasteiger partial charge < -0.3 is 0 Å². The monoisotopic (exact) mass is 463 g/mol. The van der Waals surface area contributed by atoms with E-state index in [2.05, 4.69) is 46.4 Å². The molecule has 6 aromatic rings. The van der Waals surface area contributed by atoms with Crippen LogP contribution < -0.4 is 0 Å². The molecule has 2 aromatic heterocycles. The van der Waals surface area contributed by atoms with E-state index in [1.807, 2.05) is 78.9 Å². The van der Waals surface area contributed by atoms with E-state index in [9.17, 15) is 0 Å². The third kappa shape index (κ3) is 4.50. The largest absolute Gasteiger partial charge is 0.237 e. The van der Waals surface area contributed by atoms with Gasteiger partial charge in [0.25, 0.3) is 0 Å². The van der Waals surface area contributed by atoms with Crippen LogP contribution >= 0.6 is 0 Å². The van der Waals surface area contributed by atoms with Gasteiger partial charge >= 0.3 is 0 Å². The highest BCUT2D eigenvalue weighted by atomic mass is 15.0. The van der Waals surface area contributed by atoms with E-state index >= 15 is 0 Å². The highest BCUT2D eigenvalue weighted by Crippen LogP contribution is 2.27. The van der Waals surface area contributed by atoms with Crippen molar-refractivity contribution in [2.75, 3.05) is 0 Å². The first kappa shape index (κ1) is 21.5. The summed E-state index contributed by atoms with van der Waals surface area (Å²) in [5.41, 5.74) is 6.04. The van der Waals surface area contributed by atoms with Crippen LogP contribution in [0.5, 0.6) is 0 Å². The van der Waals surface area contributed by atoms with Crippen molar-refractivity contribution in [2.45, 2.75) is 0 Å². The molecular formula is C31H21N5. The molecule has 170 valence electrons. The van der Waals surface area contributed by atoms with Crippen LogP contribution in [0.25, 0.3) is 56.7 Å². The smallest absolute Gasteiger partial charge is 0.164 e. The summed E-state index contributed by atoms with van der Waals surface area (Å²) in [6, 6.07) is 38.4. The molecule has 0 N–H and O–H groups in total. The molecule has 0 amide bonds. The summed E-state index contributed by atoms with van der Waals surface area (Å²) in [6.45, 7) is 0. The number of hydrogen-bond acceptors (Lipinski definition) is 5. The van der Waals surface area contributed by atoms with E-state index in [1.165, 1.54) is 5.56 Å². The van der Waals surface area contributed by atoms with Gasteiger partial charge in [-0.3, -0.25) is 0 Å². The molecule has 0 saturated carbocycles. The predicted octanol–water partition coefficient (Wildman–Crippen LogP) is 7.00. The van der Waals surface area contributed by atoms with Gasteiger partial charge in [0.05, 0.1) is 0 Å². The number of nitrogens with zero attached hydrogens (tertiary/aromatic N) is 5. The Bertz CT molecular complexity index is 1480. The molecule has 0 saturated heterocycles. The van der Waals surface area contributed by atoms with Crippen molar-refractivity contribution in [1.82, 2.24) is 24.9 Å². The summed E-state index contributed by atoms with van der Waals surface area (Å²) < 4.78 is 0. The zero-order chi connectivity index (χ0) is 24.2. The molecule has 5 heteroatoms. The molecule has 0 spiro atoms. The summed E-state index contributed by atoms with van der Waals surface area (Å²) in [7, 11) is 0. The van der Waals surface area contributed by atoms with Crippen LogP contribution in [0.1, 0.15) is 0 Å². The molecule has 0 unspecified atom stereocenters. The van der Waals surface area contributed by atoms with E-state index in [4.69, 9.17) is 15.0 Å². The second-order valence-electron chi connectivity index (χ2n) is 8.27. The van der Waals surface area contributed by atoms with E-state index < -0.39 is 0 Å². The Morgan fingerprint density at radius 1 is 0.278 bits per heavy atom. The third-order valence-corrected chi connectivity index (χ3v) is 5.88. The van der Waals surface area contributed by atoms with Crippen LogP contribution in [-0.2, 0) is 0 Å². The quantitative estimate of drug-likeness (QED) is 0.275. The Balaban J connectivity index is 1.41. The lowest BCUT2D eigenvalue weighted by Crippen LogP contribution is -2.00. The summed E-state index contributed by atoms with van der Waals surface area (Å²) in [6.07, 6.45) is 3.48. The van der Waals surface area contributed by atoms with Gasteiger partial charge in [0, 0.05) is 34.6 Å². The van der Waals surface area contributed by atoms with Gasteiger partial charge in [0.2, 0.25) is 0 Å². The van der Waals surface area contributed by atoms with E-state index in [1.54, 1.807) is 12.4 Å². The molecule has 0 radical (unpaired) electrons. The van der Waals surface area contributed by atoms with Gasteiger partial charge in [-0.05, 0) is 17.2 Å². The number of aromatic nitrogens is 5. The molecule has 0 aliphatic rings. The van der Waals surface area contributed by atoms with Crippen molar-refractivity contribution in [3.63, 3.8) is 0 Å². The Morgan fingerprint density at radius 2 is 0.611 bits per heavy atom. The van der Waals surface area contributed by atoms with E-state index in [0.29, 0.717) is 23.3 Å². The fraction of sp³-hybridized carbons (Fsp3) is 0. The minimum atomic E-state index is 0.617. The number of rotatable bonds is 5. The molecular weight excluding hydrogens is 442 g/mol. The molecule has 2 heterocycles. The molecule has 0 fully saturated rings. The van der Waals surface area contributed by atoms with Gasteiger partial charge in [-0.2, -0.15) is 0 Å². The van der Waals surface area contributed by atoms with Crippen LogP contribution in [0.15, 0.2) is 128 Å². The SMILES string of the molecule is c1ccc(-c2ccc(-c3nc(-c4ccccc4)nc(-c4ccc(-c5ncccn5)cc4)n3)cc2)cc1. The maximum Gasteiger partial charge on any atom is 0.164 e. The van der Waals surface area contributed by atoms with Crippen molar-refractivity contribution in [3.8, 4) is 56.7 Å². The van der Waals surface area contributed by atoms with Crippen LogP contribution in [0.3, 0.4) is 0 Å². The Kier molecular flexibility index (Phi) is 5.78. The highest BCUT2D eigenvalue weighted by Gasteiger charge is 2.13. The normalized spacial score (nSPS) is 10.8. The van der Waals surface area contributed by atoms with Crippen LogP contribution in [-0.4, -0.2) is 24.9 Å². The average Bonchev–Trinajstić information content (AvgIpc) is 2.98. The molecule has 0 aliphatic heterocycles. The molecule has 0 bridgehead atoms. The first-order chi connectivity index (χ1) is 17.8. The predicted molar refractivity (Wildman–Crippen MR) is 143 cm³/mol. The first-order valence-corrected chi connectivity index (χ1v) is 11.7. The highest BCUT2D eigenvalue weighted by molar-refractivity contribution is 5.71. The van der Waals surface area contributed by atoms with Crippen LogP contribution in [0.4, 0.5) is 0 Å². The van der Waals surface area contributed by atoms with Crippen molar-refractivity contribution in [2.24, 2.45) is 0 Å². The molecule has 36 heavy (non-hydrogen) atoms. The molecule has 0 atom stereocenters. The second-order valence-corrected chi connectivity index (χ2v) is 8.27. The molecule has 6 rings (SSSR count). The minimum absolute atomic E-state index is 0.617. The Morgan fingerprint density at radius 3 is 1.08 bits per heavy atom. The lowest BCUT2D eigenvalue weighted by Gasteiger charge is -2.09. The van der Waals surface area contributed by atoms with Crippen LogP contribution in [0.2, 0.25) is 0 Å². The van der Waals surface area contributed by atoms with Gasteiger partial charge in [-0.25, -0.2) is 24.9 Å². The molecule has 4 aromatic carbocycles. The van der Waals surface area contributed by atoms with Crippen molar-refractivity contribution < 1.29 is 0 Å². The van der Waals surface area contributed by atoms with Gasteiger partial charge in [0.1, 0.15) is 0 Å². The zero-order valence-electron chi connectivity index (χ0n) is 19.4. The van der Waals surface area contributed by atoms with E-state index in [0.717, 1.165) is 27.8 Å². The third-order valence-electron chi connectivity index (χ3n) is 5.88. The zero-order valence-corrected chi connectivity index (χ0v) is 19.4. The van der Waals surface area contributed by atoms with Crippen molar-refractivity contribution >= 4 is 0 Å². The lowest BCUT2D eigenvalue weighted by molar-refractivity contribution is 1.07. The maximum absolute atomic E-state index is 4.85. The fourth-order valence-electron chi connectivity index (χ4n) is 4.01. The summed E-state index contributed by atoms with van der Waals surface area (Å²) >= 11 is 0.